The zero-order valence-corrected chi connectivity index (χ0v) is 17.9. The van der Waals surface area contributed by atoms with Crippen LogP contribution in [0.25, 0.3) is 0 Å². The van der Waals surface area contributed by atoms with Gasteiger partial charge in [0.2, 0.25) is 15.9 Å². The molecule has 2 fully saturated rings. The van der Waals surface area contributed by atoms with E-state index in [0.29, 0.717) is 31.6 Å². The summed E-state index contributed by atoms with van der Waals surface area (Å²) in [6.07, 6.45) is -1.81. The van der Waals surface area contributed by atoms with E-state index in [0.717, 1.165) is 31.2 Å². The average molecular weight is 469 g/mol. The van der Waals surface area contributed by atoms with Gasteiger partial charge in [-0.15, -0.1) is 0 Å². The van der Waals surface area contributed by atoms with Crippen LogP contribution in [0.5, 0.6) is 5.88 Å². The molecular weight excluding hydrogens is 447 g/mol. The van der Waals surface area contributed by atoms with Crippen LogP contribution in [0.3, 0.4) is 0 Å². The fraction of sp³-hybridized carbons (Fsp3) is 0.429. The summed E-state index contributed by atoms with van der Waals surface area (Å²) in [5, 5.41) is 0. The molecule has 2 aliphatic rings. The smallest absolute Gasteiger partial charge is 0.416 e. The molecule has 0 N–H and O–H groups in total. The molecule has 2 saturated heterocycles. The number of halogens is 3. The van der Waals surface area contributed by atoms with Crippen LogP contribution in [0.2, 0.25) is 0 Å². The third-order valence-corrected chi connectivity index (χ3v) is 7.50. The van der Waals surface area contributed by atoms with Crippen molar-refractivity contribution in [3.05, 3.63) is 53.7 Å². The first-order valence-corrected chi connectivity index (χ1v) is 11.7. The number of hydrogen-bond acceptors (Lipinski definition) is 5. The van der Waals surface area contributed by atoms with Crippen molar-refractivity contribution in [2.75, 3.05) is 26.2 Å². The number of sulfonamides is 1. The molecule has 1 amide bonds. The Morgan fingerprint density at radius 2 is 1.75 bits per heavy atom. The fourth-order valence-electron chi connectivity index (χ4n) is 3.86. The average Bonchev–Trinajstić information content (AvgIpc) is 3.46. The van der Waals surface area contributed by atoms with Gasteiger partial charge in [-0.05, 0) is 43.2 Å². The Bertz CT molecular complexity index is 1080. The minimum absolute atomic E-state index is 0.143. The number of aromatic nitrogens is 1. The van der Waals surface area contributed by atoms with Crippen molar-refractivity contribution < 1.29 is 31.1 Å². The Balaban J connectivity index is 1.39. The van der Waals surface area contributed by atoms with Crippen LogP contribution in [-0.2, 0) is 16.2 Å². The third kappa shape index (κ3) is 4.73. The molecule has 32 heavy (non-hydrogen) atoms. The van der Waals surface area contributed by atoms with Gasteiger partial charge in [-0.3, -0.25) is 4.79 Å². The van der Waals surface area contributed by atoms with Gasteiger partial charge in [0, 0.05) is 43.9 Å². The number of alkyl halides is 3. The molecule has 0 bridgehead atoms. The first-order chi connectivity index (χ1) is 15.1. The van der Waals surface area contributed by atoms with Gasteiger partial charge in [0.1, 0.15) is 6.10 Å². The maximum absolute atomic E-state index is 12.9. The first kappa shape index (κ1) is 22.5. The summed E-state index contributed by atoms with van der Waals surface area (Å²) in [5.74, 6) is -0.436. The SMILES string of the molecule is O=C(c1ccc(S(=O)(=O)N2CCCC2)cc1)N1CCC(Oc2cc(C(F)(F)F)ccn2)C1. The van der Waals surface area contributed by atoms with Crippen LogP contribution in [0.1, 0.15) is 35.2 Å². The maximum atomic E-state index is 12.9. The van der Waals surface area contributed by atoms with E-state index in [2.05, 4.69) is 4.98 Å². The molecule has 0 saturated carbocycles. The molecule has 1 aromatic heterocycles. The Morgan fingerprint density at radius 3 is 2.41 bits per heavy atom. The minimum Gasteiger partial charge on any atom is -0.472 e. The van der Waals surface area contributed by atoms with Gasteiger partial charge in [0.05, 0.1) is 17.0 Å². The van der Waals surface area contributed by atoms with Gasteiger partial charge >= 0.3 is 6.18 Å². The highest BCUT2D eigenvalue weighted by Gasteiger charge is 2.33. The molecule has 1 aromatic carbocycles. The van der Waals surface area contributed by atoms with Gasteiger partial charge in [-0.25, -0.2) is 13.4 Å². The lowest BCUT2D eigenvalue weighted by Gasteiger charge is -2.18. The lowest BCUT2D eigenvalue weighted by atomic mass is 10.2. The highest BCUT2D eigenvalue weighted by atomic mass is 32.2. The molecule has 2 aliphatic heterocycles. The number of amides is 1. The van der Waals surface area contributed by atoms with Crippen LogP contribution < -0.4 is 4.74 Å². The van der Waals surface area contributed by atoms with Crippen LogP contribution in [0.4, 0.5) is 13.2 Å². The standard InChI is InChI=1S/C21H22F3N3O4S/c22-21(23,24)16-7-9-25-19(13-16)31-17-8-12-26(14-17)20(28)15-3-5-18(6-4-15)32(29,30)27-10-1-2-11-27/h3-7,9,13,17H,1-2,8,10-12,14H2. The summed E-state index contributed by atoms with van der Waals surface area (Å²) >= 11 is 0. The second-order valence-electron chi connectivity index (χ2n) is 7.80. The number of carbonyl (C=O) groups excluding carboxylic acids is 1. The molecule has 7 nitrogen and oxygen atoms in total. The predicted octanol–water partition coefficient (Wildman–Crippen LogP) is 3.18. The second-order valence-corrected chi connectivity index (χ2v) is 9.73. The van der Waals surface area contributed by atoms with Crippen molar-refractivity contribution >= 4 is 15.9 Å². The van der Waals surface area contributed by atoms with Gasteiger partial charge in [-0.1, -0.05) is 0 Å². The quantitative estimate of drug-likeness (QED) is 0.672. The highest BCUT2D eigenvalue weighted by Crippen LogP contribution is 2.31. The number of pyridine rings is 1. The lowest BCUT2D eigenvalue weighted by Crippen LogP contribution is -2.31. The van der Waals surface area contributed by atoms with Crippen LogP contribution >= 0.6 is 0 Å². The molecule has 11 heteroatoms. The number of carbonyl (C=O) groups is 1. The Kier molecular flexibility index (Phi) is 6.13. The molecule has 2 aromatic rings. The zero-order chi connectivity index (χ0) is 22.9. The number of likely N-dealkylation sites (tertiary alicyclic amines) is 1. The first-order valence-electron chi connectivity index (χ1n) is 10.2. The van der Waals surface area contributed by atoms with Crippen molar-refractivity contribution in [2.45, 2.75) is 36.4 Å². The van der Waals surface area contributed by atoms with Crippen molar-refractivity contribution in [1.29, 1.82) is 0 Å². The maximum Gasteiger partial charge on any atom is 0.416 e. The topological polar surface area (TPSA) is 79.8 Å². The van der Waals surface area contributed by atoms with E-state index in [1.54, 1.807) is 0 Å². The molecular formula is C21H22F3N3O4S. The van der Waals surface area contributed by atoms with Crippen molar-refractivity contribution in [3.8, 4) is 5.88 Å². The summed E-state index contributed by atoms with van der Waals surface area (Å²) < 4.78 is 70.8. The summed E-state index contributed by atoms with van der Waals surface area (Å²) in [7, 11) is -3.56. The largest absolute Gasteiger partial charge is 0.472 e. The second kappa shape index (κ2) is 8.70. The van der Waals surface area contributed by atoms with Crippen molar-refractivity contribution in [3.63, 3.8) is 0 Å². The van der Waals surface area contributed by atoms with E-state index in [9.17, 15) is 26.4 Å². The van der Waals surface area contributed by atoms with Gasteiger partial charge in [0.15, 0.2) is 0 Å². The molecule has 0 aliphatic carbocycles. The van der Waals surface area contributed by atoms with Crippen LogP contribution in [-0.4, -0.2) is 60.8 Å². The summed E-state index contributed by atoms with van der Waals surface area (Å²) in [6.45, 7) is 1.57. The number of rotatable bonds is 5. The molecule has 0 radical (unpaired) electrons. The van der Waals surface area contributed by atoms with Crippen molar-refractivity contribution in [1.82, 2.24) is 14.2 Å². The summed E-state index contributed by atoms with van der Waals surface area (Å²) in [5.41, 5.74) is -0.513. The van der Waals surface area contributed by atoms with E-state index >= 15 is 0 Å². The van der Waals surface area contributed by atoms with E-state index in [-0.39, 0.29) is 23.2 Å². The zero-order valence-electron chi connectivity index (χ0n) is 17.1. The molecule has 0 spiro atoms. The third-order valence-electron chi connectivity index (χ3n) is 5.59. The summed E-state index contributed by atoms with van der Waals surface area (Å²) in [4.78, 5) is 18.3. The Hall–Kier alpha value is -2.66. The van der Waals surface area contributed by atoms with E-state index < -0.39 is 27.9 Å². The molecule has 172 valence electrons. The Morgan fingerprint density at radius 1 is 1.06 bits per heavy atom. The minimum atomic E-state index is -4.49. The molecule has 4 rings (SSSR count). The monoisotopic (exact) mass is 469 g/mol. The van der Waals surface area contributed by atoms with Crippen molar-refractivity contribution in [2.24, 2.45) is 0 Å². The van der Waals surface area contributed by atoms with Gasteiger partial charge in [0.25, 0.3) is 5.91 Å². The van der Waals surface area contributed by atoms with Crippen LogP contribution in [0.15, 0.2) is 47.5 Å². The predicted molar refractivity (Wildman–Crippen MR) is 109 cm³/mol. The molecule has 1 unspecified atom stereocenters. The highest BCUT2D eigenvalue weighted by molar-refractivity contribution is 7.89. The Labute approximate surface area is 183 Å². The van der Waals surface area contributed by atoms with E-state index in [1.807, 2.05) is 0 Å². The van der Waals surface area contributed by atoms with E-state index in [4.69, 9.17) is 4.74 Å². The molecule has 3 heterocycles. The van der Waals surface area contributed by atoms with Gasteiger partial charge < -0.3 is 9.64 Å². The normalized spacial score (nSPS) is 20.0. The lowest BCUT2D eigenvalue weighted by molar-refractivity contribution is -0.137. The summed E-state index contributed by atoms with van der Waals surface area (Å²) in [6, 6.07) is 7.52. The van der Waals surface area contributed by atoms with Crippen LogP contribution in [0, 0.1) is 0 Å². The number of ether oxygens (including phenoxy) is 1. The number of hydrogen-bond donors (Lipinski definition) is 0. The number of nitrogens with zero attached hydrogens (tertiary/aromatic N) is 3. The fourth-order valence-corrected chi connectivity index (χ4v) is 5.38. The number of benzene rings is 1. The molecule has 1 atom stereocenters. The van der Waals surface area contributed by atoms with E-state index in [1.165, 1.54) is 33.5 Å². The van der Waals surface area contributed by atoms with Gasteiger partial charge in [-0.2, -0.15) is 17.5 Å².